The summed E-state index contributed by atoms with van der Waals surface area (Å²) in [5.41, 5.74) is 2.97. The van der Waals surface area contributed by atoms with Gasteiger partial charge in [-0.1, -0.05) is 12.1 Å². The van der Waals surface area contributed by atoms with Gasteiger partial charge in [0.1, 0.15) is 6.54 Å². The SMILES string of the molecule is Cc1cc(C)n(CC(=O)NCCc2cccc(C(=O)O)c2)n1. The fourth-order valence-corrected chi connectivity index (χ4v) is 2.23. The first kappa shape index (κ1) is 15.8. The number of carboxylic acids is 1. The summed E-state index contributed by atoms with van der Waals surface area (Å²) in [6.45, 7) is 4.44. The topological polar surface area (TPSA) is 84.2 Å². The Kier molecular flexibility index (Phi) is 4.93. The van der Waals surface area contributed by atoms with Crippen LogP contribution in [0.2, 0.25) is 0 Å². The van der Waals surface area contributed by atoms with Crippen LogP contribution in [-0.2, 0) is 17.8 Å². The van der Waals surface area contributed by atoms with E-state index in [1.165, 1.54) is 0 Å². The molecule has 6 nitrogen and oxygen atoms in total. The van der Waals surface area contributed by atoms with Crippen LogP contribution in [-0.4, -0.2) is 33.3 Å². The third-order valence-corrected chi connectivity index (χ3v) is 3.31. The van der Waals surface area contributed by atoms with Gasteiger partial charge in [0.15, 0.2) is 0 Å². The Bertz CT molecular complexity index is 692. The standard InChI is InChI=1S/C16H19N3O3/c1-11-8-12(2)19(18-11)10-15(20)17-7-6-13-4-3-5-14(9-13)16(21)22/h3-5,8-9H,6-7,10H2,1-2H3,(H,17,20)(H,21,22). The van der Waals surface area contributed by atoms with Gasteiger partial charge in [-0.25, -0.2) is 4.79 Å². The molecule has 0 spiro atoms. The van der Waals surface area contributed by atoms with Crippen molar-refractivity contribution in [3.8, 4) is 0 Å². The Morgan fingerprint density at radius 3 is 2.68 bits per heavy atom. The third kappa shape index (κ3) is 4.18. The molecule has 0 fully saturated rings. The first-order valence-electron chi connectivity index (χ1n) is 7.05. The van der Waals surface area contributed by atoms with Crippen molar-refractivity contribution in [2.24, 2.45) is 0 Å². The fourth-order valence-electron chi connectivity index (χ4n) is 2.23. The summed E-state index contributed by atoms with van der Waals surface area (Å²) < 4.78 is 1.66. The number of aromatic nitrogens is 2. The summed E-state index contributed by atoms with van der Waals surface area (Å²) in [7, 11) is 0. The molecule has 0 aliphatic rings. The van der Waals surface area contributed by atoms with Gasteiger partial charge in [0.2, 0.25) is 5.91 Å². The van der Waals surface area contributed by atoms with Gasteiger partial charge < -0.3 is 10.4 Å². The van der Waals surface area contributed by atoms with Crippen LogP contribution < -0.4 is 5.32 Å². The van der Waals surface area contributed by atoms with Crippen molar-refractivity contribution in [3.05, 3.63) is 52.8 Å². The minimum atomic E-state index is -0.949. The molecule has 0 aliphatic heterocycles. The molecular formula is C16H19N3O3. The lowest BCUT2D eigenvalue weighted by Crippen LogP contribution is -2.30. The van der Waals surface area contributed by atoms with E-state index in [4.69, 9.17) is 5.11 Å². The van der Waals surface area contributed by atoms with E-state index in [9.17, 15) is 9.59 Å². The molecule has 0 unspecified atom stereocenters. The predicted octanol–water partition coefficient (Wildman–Crippen LogP) is 1.56. The number of nitrogens with one attached hydrogen (secondary N) is 1. The summed E-state index contributed by atoms with van der Waals surface area (Å²) in [4.78, 5) is 22.8. The van der Waals surface area contributed by atoms with Crippen LogP contribution in [0.5, 0.6) is 0 Å². The first-order chi connectivity index (χ1) is 10.5. The van der Waals surface area contributed by atoms with Crippen LogP contribution in [0.1, 0.15) is 27.3 Å². The van der Waals surface area contributed by atoms with E-state index >= 15 is 0 Å². The number of aryl methyl sites for hydroxylation is 2. The maximum absolute atomic E-state index is 11.9. The smallest absolute Gasteiger partial charge is 0.335 e. The number of hydrogen-bond donors (Lipinski definition) is 2. The Balaban J connectivity index is 1.83. The Morgan fingerprint density at radius 1 is 1.27 bits per heavy atom. The molecule has 1 heterocycles. The molecule has 2 rings (SSSR count). The van der Waals surface area contributed by atoms with E-state index in [0.29, 0.717) is 13.0 Å². The number of nitrogens with zero attached hydrogens (tertiary/aromatic N) is 2. The number of carboxylic acid groups (broad SMARTS) is 1. The molecule has 0 saturated heterocycles. The van der Waals surface area contributed by atoms with Crippen LogP contribution in [0.15, 0.2) is 30.3 Å². The van der Waals surface area contributed by atoms with E-state index in [1.807, 2.05) is 26.0 Å². The van der Waals surface area contributed by atoms with Crippen LogP contribution in [0.3, 0.4) is 0 Å². The van der Waals surface area contributed by atoms with Crippen molar-refractivity contribution in [2.75, 3.05) is 6.54 Å². The maximum Gasteiger partial charge on any atom is 0.335 e. The molecule has 2 N–H and O–H groups in total. The highest BCUT2D eigenvalue weighted by molar-refractivity contribution is 5.87. The van der Waals surface area contributed by atoms with Gasteiger partial charge in [-0.2, -0.15) is 5.10 Å². The van der Waals surface area contributed by atoms with Gasteiger partial charge in [0, 0.05) is 12.2 Å². The van der Waals surface area contributed by atoms with Gasteiger partial charge >= 0.3 is 5.97 Å². The molecule has 1 amide bonds. The molecule has 116 valence electrons. The number of amides is 1. The van der Waals surface area contributed by atoms with Crippen LogP contribution in [0, 0.1) is 13.8 Å². The zero-order valence-corrected chi connectivity index (χ0v) is 12.7. The zero-order valence-electron chi connectivity index (χ0n) is 12.7. The summed E-state index contributed by atoms with van der Waals surface area (Å²) in [5, 5.41) is 16.0. The Hall–Kier alpha value is -2.63. The molecule has 0 radical (unpaired) electrons. The molecule has 0 atom stereocenters. The molecular weight excluding hydrogens is 282 g/mol. The molecule has 0 aliphatic carbocycles. The quantitative estimate of drug-likeness (QED) is 0.848. The minimum absolute atomic E-state index is 0.111. The van der Waals surface area contributed by atoms with Crippen molar-refractivity contribution in [3.63, 3.8) is 0 Å². The number of benzene rings is 1. The van der Waals surface area contributed by atoms with Gasteiger partial charge in [-0.05, 0) is 44.0 Å². The van der Waals surface area contributed by atoms with E-state index in [-0.39, 0.29) is 18.0 Å². The molecule has 1 aromatic heterocycles. The van der Waals surface area contributed by atoms with Crippen molar-refractivity contribution in [1.82, 2.24) is 15.1 Å². The molecule has 6 heteroatoms. The van der Waals surface area contributed by atoms with Crippen molar-refractivity contribution in [2.45, 2.75) is 26.8 Å². The zero-order chi connectivity index (χ0) is 16.1. The normalized spacial score (nSPS) is 10.5. The highest BCUT2D eigenvalue weighted by Gasteiger charge is 2.07. The monoisotopic (exact) mass is 301 g/mol. The van der Waals surface area contributed by atoms with Crippen molar-refractivity contribution < 1.29 is 14.7 Å². The largest absolute Gasteiger partial charge is 0.478 e. The van der Waals surface area contributed by atoms with Gasteiger partial charge in [-0.15, -0.1) is 0 Å². The summed E-state index contributed by atoms with van der Waals surface area (Å²) in [5.74, 6) is -1.06. The number of carbonyl (C=O) groups is 2. The van der Waals surface area contributed by atoms with Gasteiger partial charge in [-0.3, -0.25) is 9.48 Å². The number of rotatable bonds is 6. The highest BCUT2D eigenvalue weighted by Crippen LogP contribution is 2.06. The van der Waals surface area contributed by atoms with Gasteiger partial charge in [0.25, 0.3) is 0 Å². The van der Waals surface area contributed by atoms with Crippen LogP contribution in [0.4, 0.5) is 0 Å². The lowest BCUT2D eigenvalue weighted by atomic mass is 10.1. The second-order valence-corrected chi connectivity index (χ2v) is 5.19. The van der Waals surface area contributed by atoms with E-state index in [2.05, 4.69) is 10.4 Å². The second kappa shape index (κ2) is 6.89. The second-order valence-electron chi connectivity index (χ2n) is 5.19. The third-order valence-electron chi connectivity index (χ3n) is 3.31. The molecule has 22 heavy (non-hydrogen) atoms. The minimum Gasteiger partial charge on any atom is -0.478 e. The average Bonchev–Trinajstić information content (AvgIpc) is 2.77. The Morgan fingerprint density at radius 2 is 2.05 bits per heavy atom. The molecule has 0 saturated carbocycles. The fraction of sp³-hybridized carbons (Fsp3) is 0.312. The average molecular weight is 301 g/mol. The molecule has 1 aromatic carbocycles. The number of hydrogen-bond acceptors (Lipinski definition) is 3. The van der Waals surface area contributed by atoms with E-state index < -0.39 is 5.97 Å². The highest BCUT2D eigenvalue weighted by atomic mass is 16.4. The van der Waals surface area contributed by atoms with Crippen LogP contribution in [0.25, 0.3) is 0 Å². The summed E-state index contributed by atoms with van der Waals surface area (Å²) in [6.07, 6.45) is 0.587. The predicted molar refractivity (Wildman–Crippen MR) is 81.8 cm³/mol. The lowest BCUT2D eigenvalue weighted by molar-refractivity contribution is -0.121. The van der Waals surface area contributed by atoms with Crippen molar-refractivity contribution in [1.29, 1.82) is 0 Å². The lowest BCUT2D eigenvalue weighted by Gasteiger charge is -2.07. The van der Waals surface area contributed by atoms with E-state index in [1.54, 1.807) is 22.9 Å². The van der Waals surface area contributed by atoms with Crippen molar-refractivity contribution >= 4 is 11.9 Å². The summed E-state index contributed by atoms with van der Waals surface area (Å²) in [6, 6.07) is 8.64. The summed E-state index contributed by atoms with van der Waals surface area (Å²) >= 11 is 0. The molecule has 2 aromatic rings. The maximum atomic E-state index is 11.9. The number of aromatic carboxylic acids is 1. The first-order valence-corrected chi connectivity index (χ1v) is 7.05. The molecule has 0 bridgehead atoms. The Labute approximate surface area is 128 Å². The van der Waals surface area contributed by atoms with E-state index in [0.717, 1.165) is 17.0 Å². The van der Waals surface area contributed by atoms with Gasteiger partial charge in [0.05, 0.1) is 11.3 Å². The van der Waals surface area contributed by atoms with Crippen LogP contribution >= 0.6 is 0 Å². The number of carbonyl (C=O) groups excluding carboxylic acids is 1.